The van der Waals surface area contributed by atoms with E-state index >= 15 is 0 Å². The van der Waals surface area contributed by atoms with E-state index in [1.165, 1.54) is 12.0 Å². The van der Waals surface area contributed by atoms with Gasteiger partial charge in [0, 0.05) is 6.20 Å². The SMILES string of the molecule is CON1C(=O)N(c2cc(C(F)(F)F)ccn2)C(C)[C@H]1C. The molecule has 1 aromatic rings. The Labute approximate surface area is 113 Å². The molecule has 0 saturated carbocycles. The second-order valence-electron chi connectivity index (χ2n) is 4.54. The fraction of sp³-hybridized carbons (Fsp3) is 0.500. The zero-order valence-electron chi connectivity index (χ0n) is 11.2. The number of anilines is 1. The summed E-state index contributed by atoms with van der Waals surface area (Å²) >= 11 is 0. The predicted octanol–water partition coefficient (Wildman–Crippen LogP) is 2.68. The van der Waals surface area contributed by atoms with Crippen LogP contribution in [0.5, 0.6) is 0 Å². The highest BCUT2D eigenvalue weighted by molar-refractivity contribution is 5.93. The summed E-state index contributed by atoms with van der Waals surface area (Å²) in [5.74, 6) is -0.0382. The van der Waals surface area contributed by atoms with Crippen molar-refractivity contribution in [1.82, 2.24) is 10.0 Å². The smallest absolute Gasteiger partial charge is 0.272 e. The molecule has 1 fully saturated rings. The third-order valence-electron chi connectivity index (χ3n) is 3.39. The summed E-state index contributed by atoms with van der Waals surface area (Å²) in [5.41, 5.74) is -0.842. The number of rotatable bonds is 2. The molecule has 2 atom stereocenters. The van der Waals surface area contributed by atoms with Crippen molar-refractivity contribution in [3.63, 3.8) is 0 Å². The number of hydrogen-bond acceptors (Lipinski definition) is 3. The molecule has 1 unspecified atom stereocenters. The largest absolute Gasteiger partial charge is 0.416 e. The van der Waals surface area contributed by atoms with E-state index in [-0.39, 0.29) is 17.9 Å². The molecule has 110 valence electrons. The van der Waals surface area contributed by atoms with Gasteiger partial charge in [0.2, 0.25) is 0 Å². The highest BCUT2D eigenvalue weighted by Gasteiger charge is 2.43. The third-order valence-corrected chi connectivity index (χ3v) is 3.39. The summed E-state index contributed by atoms with van der Waals surface area (Å²) in [5, 5.41) is 1.12. The Bertz CT molecular complexity index is 521. The minimum Gasteiger partial charge on any atom is -0.272 e. The van der Waals surface area contributed by atoms with Gasteiger partial charge in [-0.25, -0.2) is 9.78 Å². The zero-order chi connectivity index (χ0) is 15.1. The van der Waals surface area contributed by atoms with Gasteiger partial charge < -0.3 is 0 Å². The van der Waals surface area contributed by atoms with Crippen LogP contribution in [0.4, 0.5) is 23.8 Å². The molecule has 1 aliphatic heterocycles. The highest BCUT2D eigenvalue weighted by atomic mass is 19.4. The topological polar surface area (TPSA) is 45.7 Å². The average molecular weight is 289 g/mol. The standard InChI is InChI=1S/C12H14F3N3O2/c1-7-8(2)18(20-3)11(19)17(7)10-6-9(4-5-16-10)12(13,14)15/h4-8H,1-3H3/t7?,8-/m1/s1. The summed E-state index contributed by atoms with van der Waals surface area (Å²) in [6.07, 6.45) is -3.44. The number of pyridine rings is 1. The first-order valence-corrected chi connectivity index (χ1v) is 5.97. The van der Waals surface area contributed by atoms with Crippen LogP contribution in [0.25, 0.3) is 0 Å². The van der Waals surface area contributed by atoms with Crippen LogP contribution in [-0.2, 0) is 11.0 Å². The number of hydrogen-bond donors (Lipinski definition) is 0. The number of alkyl halides is 3. The van der Waals surface area contributed by atoms with E-state index in [2.05, 4.69) is 4.98 Å². The number of aromatic nitrogens is 1. The molecule has 1 saturated heterocycles. The van der Waals surface area contributed by atoms with Gasteiger partial charge in [0.15, 0.2) is 0 Å². The number of hydroxylamine groups is 2. The molecule has 0 spiro atoms. The van der Waals surface area contributed by atoms with Gasteiger partial charge in [0.25, 0.3) is 0 Å². The Morgan fingerprint density at radius 2 is 1.95 bits per heavy atom. The summed E-state index contributed by atoms with van der Waals surface area (Å²) in [6, 6.07) is 0.563. The van der Waals surface area contributed by atoms with Gasteiger partial charge in [-0.15, -0.1) is 0 Å². The molecule has 0 aliphatic carbocycles. The molecular formula is C12H14F3N3O2. The van der Waals surface area contributed by atoms with Crippen molar-refractivity contribution in [2.45, 2.75) is 32.1 Å². The van der Waals surface area contributed by atoms with E-state index in [9.17, 15) is 18.0 Å². The maximum atomic E-state index is 12.7. The van der Waals surface area contributed by atoms with Crippen molar-refractivity contribution in [3.05, 3.63) is 23.9 Å². The Balaban J connectivity index is 2.39. The van der Waals surface area contributed by atoms with Crippen LogP contribution in [0.2, 0.25) is 0 Å². The lowest BCUT2D eigenvalue weighted by Crippen LogP contribution is -2.34. The van der Waals surface area contributed by atoms with Crippen LogP contribution >= 0.6 is 0 Å². The molecule has 0 radical (unpaired) electrons. The number of amides is 2. The van der Waals surface area contributed by atoms with E-state index in [0.29, 0.717) is 0 Å². The maximum absolute atomic E-state index is 12.7. The molecule has 2 rings (SSSR count). The second-order valence-corrected chi connectivity index (χ2v) is 4.54. The van der Waals surface area contributed by atoms with Gasteiger partial charge in [-0.2, -0.15) is 18.2 Å². The molecular weight excluding hydrogens is 275 g/mol. The lowest BCUT2D eigenvalue weighted by Gasteiger charge is -2.20. The quantitative estimate of drug-likeness (QED) is 0.841. The number of halogens is 3. The van der Waals surface area contributed by atoms with E-state index in [0.717, 1.165) is 23.4 Å². The Morgan fingerprint density at radius 1 is 1.30 bits per heavy atom. The van der Waals surface area contributed by atoms with Crippen LogP contribution in [0.15, 0.2) is 18.3 Å². The van der Waals surface area contributed by atoms with Gasteiger partial charge >= 0.3 is 12.2 Å². The molecule has 1 aromatic heterocycles. The van der Waals surface area contributed by atoms with Crippen molar-refractivity contribution in [3.8, 4) is 0 Å². The first-order chi connectivity index (χ1) is 9.27. The van der Waals surface area contributed by atoms with E-state index < -0.39 is 17.8 Å². The van der Waals surface area contributed by atoms with Crippen LogP contribution in [-0.4, -0.2) is 35.3 Å². The molecule has 0 bridgehead atoms. The van der Waals surface area contributed by atoms with Crippen LogP contribution < -0.4 is 4.90 Å². The summed E-state index contributed by atoms with van der Waals surface area (Å²) in [7, 11) is 1.34. The van der Waals surface area contributed by atoms with Crippen LogP contribution in [0.1, 0.15) is 19.4 Å². The Hall–Kier alpha value is -1.83. The van der Waals surface area contributed by atoms with E-state index in [4.69, 9.17) is 4.84 Å². The van der Waals surface area contributed by atoms with Crippen molar-refractivity contribution in [2.24, 2.45) is 0 Å². The van der Waals surface area contributed by atoms with E-state index in [1.807, 2.05) is 0 Å². The molecule has 2 heterocycles. The number of nitrogens with zero attached hydrogens (tertiary/aromatic N) is 3. The summed E-state index contributed by atoms with van der Waals surface area (Å²) in [4.78, 5) is 22.1. The first kappa shape index (κ1) is 14.6. The molecule has 0 aromatic carbocycles. The fourth-order valence-corrected chi connectivity index (χ4v) is 2.14. The van der Waals surface area contributed by atoms with Gasteiger partial charge in [0.05, 0.1) is 24.8 Å². The molecule has 0 N–H and O–H groups in total. The normalized spacial score (nSPS) is 23.6. The van der Waals surface area contributed by atoms with Gasteiger partial charge in [-0.1, -0.05) is 0 Å². The monoisotopic (exact) mass is 289 g/mol. The van der Waals surface area contributed by atoms with E-state index in [1.54, 1.807) is 13.8 Å². The summed E-state index contributed by atoms with van der Waals surface area (Å²) < 4.78 is 38.1. The minimum absolute atomic E-state index is 0.0382. The number of urea groups is 1. The van der Waals surface area contributed by atoms with Crippen LogP contribution in [0.3, 0.4) is 0 Å². The molecule has 8 heteroatoms. The summed E-state index contributed by atoms with van der Waals surface area (Å²) in [6.45, 7) is 3.48. The fourth-order valence-electron chi connectivity index (χ4n) is 2.14. The Morgan fingerprint density at radius 3 is 2.45 bits per heavy atom. The number of carbonyl (C=O) groups is 1. The Kier molecular flexibility index (Phi) is 3.59. The highest BCUT2D eigenvalue weighted by Crippen LogP contribution is 2.33. The van der Waals surface area contributed by atoms with Crippen molar-refractivity contribution in [2.75, 3.05) is 12.0 Å². The molecule has 5 nitrogen and oxygen atoms in total. The predicted molar refractivity (Wildman–Crippen MR) is 64.9 cm³/mol. The van der Waals surface area contributed by atoms with Crippen molar-refractivity contribution >= 4 is 11.8 Å². The second kappa shape index (κ2) is 4.93. The van der Waals surface area contributed by atoms with Crippen molar-refractivity contribution < 1.29 is 22.8 Å². The lowest BCUT2D eigenvalue weighted by atomic mass is 10.1. The van der Waals surface area contributed by atoms with Gasteiger partial charge in [-0.3, -0.25) is 9.74 Å². The third kappa shape index (κ3) is 2.31. The maximum Gasteiger partial charge on any atom is 0.416 e. The first-order valence-electron chi connectivity index (χ1n) is 5.97. The van der Waals surface area contributed by atoms with Gasteiger partial charge in [-0.05, 0) is 26.0 Å². The van der Waals surface area contributed by atoms with Crippen LogP contribution in [0, 0.1) is 0 Å². The zero-order valence-corrected chi connectivity index (χ0v) is 11.2. The molecule has 1 aliphatic rings. The average Bonchev–Trinajstić information content (AvgIpc) is 2.59. The van der Waals surface area contributed by atoms with Gasteiger partial charge in [0.1, 0.15) is 5.82 Å². The minimum atomic E-state index is -4.48. The molecule has 2 amide bonds. The van der Waals surface area contributed by atoms with Crippen molar-refractivity contribution in [1.29, 1.82) is 0 Å². The number of carbonyl (C=O) groups excluding carboxylic acids is 1. The lowest BCUT2D eigenvalue weighted by molar-refractivity contribution is -0.137. The molecule has 20 heavy (non-hydrogen) atoms.